The standard InChI is InChI=1S/C11H12ClN5/c12-11-10(16-17-13)3-6(5-14-11)8-4-7-1-2-9(8)15-7/h3,5,7-9,15H,1-2,4H2/t7-,8+,9+/m1/s1. The van der Waals surface area contributed by atoms with Crippen LogP contribution in [0.4, 0.5) is 5.69 Å². The van der Waals surface area contributed by atoms with E-state index in [0.717, 1.165) is 12.0 Å². The molecule has 0 saturated carbocycles. The minimum absolute atomic E-state index is 0.266. The molecule has 2 fully saturated rings. The Morgan fingerprint density at radius 2 is 2.41 bits per heavy atom. The van der Waals surface area contributed by atoms with Crippen molar-refractivity contribution >= 4 is 17.3 Å². The highest BCUT2D eigenvalue weighted by molar-refractivity contribution is 6.31. The van der Waals surface area contributed by atoms with Gasteiger partial charge < -0.3 is 5.32 Å². The maximum Gasteiger partial charge on any atom is 0.138 e. The van der Waals surface area contributed by atoms with Gasteiger partial charge in [0.2, 0.25) is 0 Å². The molecule has 17 heavy (non-hydrogen) atoms. The molecule has 1 N–H and O–H groups in total. The third-order valence-electron chi connectivity index (χ3n) is 3.72. The van der Waals surface area contributed by atoms with E-state index in [1.165, 1.54) is 12.8 Å². The van der Waals surface area contributed by atoms with Gasteiger partial charge in [0.05, 0.1) is 5.69 Å². The molecule has 88 valence electrons. The van der Waals surface area contributed by atoms with Crippen molar-refractivity contribution in [2.45, 2.75) is 37.3 Å². The van der Waals surface area contributed by atoms with Crippen molar-refractivity contribution < 1.29 is 0 Å². The van der Waals surface area contributed by atoms with Gasteiger partial charge in [0.1, 0.15) is 5.15 Å². The molecule has 0 aromatic carbocycles. The van der Waals surface area contributed by atoms with Crippen molar-refractivity contribution in [3.8, 4) is 0 Å². The Morgan fingerprint density at radius 3 is 3.06 bits per heavy atom. The Morgan fingerprint density at radius 1 is 1.53 bits per heavy atom. The van der Waals surface area contributed by atoms with Crippen LogP contribution in [0.15, 0.2) is 17.4 Å². The lowest BCUT2D eigenvalue weighted by molar-refractivity contribution is 0.505. The van der Waals surface area contributed by atoms with Gasteiger partial charge in [-0.25, -0.2) is 4.98 Å². The predicted octanol–water partition coefficient (Wildman–Crippen LogP) is 3.28. The molecule has 0 aliphatic carbocycles. The van der Waals surface area contributed by atoms with Crippen molar-refractivity contribution in [3.63, 3.8) is 0 Å². The van der Waals surface area contributed by atoms with Crippen LogP contribution in [0, 0.1) is 0 Å². The molecule has 0 radical (unpaired) electrons. The van der Waals surface area contributed by atoms with E-state index < -0.39 is 0 Å². The third-order valence-corrected chi connectivity index (χ3v) is 4.01. The molecule has 5 nitrogen and oxygen atoms in total. The van der Waals surface area contributed by atoms with Crippen molar-refractivity contribution in [1.29, 1.82) is 0 Å². The molecule has 3 heterocycles. The zero-order valence-electron chi connectivity index (χ0n) is 9.17. The maximum absolute atomic E-state index is 8.47. The van der Waals surface area contributed by atoms with Crippen LogP contribution < -0.4 is 5.32 Å². The van der Waals surface area contributed by atoms with Gasteiger partial charge in [0.15, 0.2) is 0 Å². The molecule has 2 aliphatic heterocycles. The molecule has 2 bridgehead atoms. The second-order valence-electron chi connectivity index (χ2n) is 4.66. The Balaban J connectivity index is 1.93. The predicted molar refractivity (Wildman–Crippen MR) is 65.4 cm³/mol. The lowest BCUT2D eigenvalue weighted by atomic mass is 9.84. The number of nitrogens with one attached hydrogen (secondary N) is 1. The summed E-state index contributed by atoms with van der Waals surface area (Å²) in [6.45, 7) is 0. The van der Waals surface area contributed by atoms with Gasteiger partial charge in [0, 0.05) is 29.1 Å². The summed E-state index contributed by atoms with van der Waals surface area (Å²) >= 11 is 5.87. The lowest BCUT2D eigenvalue weighted by Crippen LogP contribution is -2.21. The summed E-state index contributed by atoms with van der Waals surface area (Å²) in [6.07, 6.45) is 5.43. The zero-order valence-corrected chi connectivity index (χ0v) is 9.93. The van der Waals surface area contributed by atoms with Gasteiger partial charge in [0.25, 0.3) is 0 Å². The summed E-state index contributed by atoms with van der Waals surface area (Å²) in [7, 11) is 0. The maximum atomic E-state index is 8.47. The number of aromatic nitrogens is 1. The van der Waals surface area contributed by atoms with Crippen LogP contribution in [0.2, 0.25) is 5.15 Å². The molecule has 1 aromatic rings. The molecule has 2 aliphatic rings. The first-order valence-corrected chi connectivity index (χ1v) is 6.12. The summed E-state index contributed by atoms with van der Waals surface area (Å²) in [5, 5.41) is 7.41. The highest BCUT2D eigenvalue weighted by Crippen LogP contribution is 2.41. The summed E-state index contributed by atoms with van der Waals surface area (Å²) in [4.78, 5) is 6.87. The summed E-state index contributed by atoms with van der Waals surface area (Å²) in [6, 6.07) is 3.05. The lowest BCUT2D eigenvalue weighted by Gasteiger charge is -2.20. The molecule has 0 spiro atoms. The average Bonchev–Trinajstić information content (AvgIpc) is 2.94. The van der Waals surface area contributed by atoms with Crippen LogP contribution in [0.3, 0.4) is 0 Å². The van der Waals surface area contributed by atoms with Gasteiger partial charge in [-0.3, -0.25) is 0 Å². The third kappa shape index (κ3) is 1.86. The fourth-order valence-electron chi connectivity index (χ4n) is 2.97. The van der Waals surface area contributed by atoms with E-state index in [1.54, 1.807) is 6.20 Å². The average molecular weight is 250 g/mol. The highest BCUT2D eigenvalue weighted by Gasteiger charge is 2.39. The number of hydrogen-bond donors (Lipinski definition) is 1. The number of halogens is 1. The quantitative estimate of drug-likeness (QED) is 0.378. The molecule has 3 rings (SSSR count). The largest absolute Gasteiger partial charge is 0.311 e. The molecule has 0 unspecified atom stereocenters. The van der Waals surface area contributed by atoms with Gasteiger partial charge in [-0.15, -0.1) is 0 Å². The first kappa shape index (κ1) is 10.8. The van der Waals surface area contributed by atoms with Crippen LogP contribution in [0.1, 0.15) is 30.7 Å². The van der Waals surface area contributed by atoms with E-state index >= 15 is 0 Å². The topological polar surface area (TPSA) is 73.7 Å². The van der Waals surface area contributed by atoms with Crippen LogP contribution in [-0.2, 0) is 0 Å². The van der Waals surface area contributed by atoms with Crippen LogP contribution in [0.25, 0.3) is 10.4 Å². The minimum Gasteiger partial charge on any atom is -0.311 e. The van der Waals surface area contributed by atoms with Gasteiger partial charge in [-0.05, 0) is 36.4 Å². The Kier molecular flexibility index (Phi) is 2.67. The minimum atomic E-state index is 0.266. The SMILES string of the molecule is [N-]=[N+]=Nc1cc([C@@H]2C[C@H]3CC[C@@H]2N3)cnc1Cl. The highest BCUT2D eigenvalue weighted by atomic mass is 35.5. The number of azide groups is 1. The van der Waals surface area contributed by atoms with Crippen molar-refractivity contribution in [2.24, 2.45) is 5.11 Å². The van der Waals surface area contributed by atoms with Gasteiger partial charge in [-0.2, -0.15) is 0 Å². The Labute approximate surface area is 104 Å². The van der Waals surface area contributed by atoms with E-state index in [0.29, 0.717) is 23.7 Å². The van der Waals surface area contributed by atoms with E-state index in [-0.39, 0.29) is 5.15 Å². The molecule has 6 heteroatoms. The summed E-state index contributed by atoms with van der Waals surface area (Å²) in [5.41, 5.74) is 10.0. The zero-order chi connectivity index (χ0) is 11.8. The Hall–Kier alpha value is -1.29. The fourth-order valence-corrected chi connectivity index (χ4v) is 3.11. The second-order valence-corrected chi connectivity index (χ2v) is 5.02. The van der Waals surface area contributed by atoms with Crippen LogP contribution in [0.5, 0.6) is 0 Å². The van der Waals surface area contributed by atoms with Crippen LogP contribution in [-0.4, -0.2) is 17.1 Å². The van der Waals surface area contributed by atoms with Crippen molar-refractivity contribution in [1.82, 2.24) is 10.3 Å². The first-order valence-electron chi connectivity index (χ1n) is 5.74. The molecule has 0 amide bonds. The summed E-state index contributed by atoms with van der Waals surface area (Å²) in [5.74, 6) is 0.478. The monoisotopic (exact) mass is 249 g/mol. The second kappa shape index (κ2) is 4.18. The number of nitrogens with zero attached hydrogens (tertiary/aromatic N) is 4. The number of pyridine rings is 1. The molecular formula is C11H12ClN5. The summed E-state index contributed by atoms with van der Waals surface area (Å²) < 4.78 is 0. The van der Waals surface area contributed by atoms with E-state index in [2.05, 4.69) is 20.3 Å². The van der Waals surface area contributed by atoms with Crippen molar-refractivity contribution in [2.75, 3.05) is 0 Å². The molecule has 2 saturated heterocycles. The number of fused-ring (bicyclic) bond motifs is 2. The van der Waals surface area contributed by atoms with E-state index in [9.17, 15) is 0 Å². The van der Waals surface area contributed by atoms with E-state index in [4.69, 9.17) is 17.1 Å². The normalized spacial score (nSPS) is 30.3. The smallest absolute Gasteiger partial charge is 0.138 e. The van der Waals surface area contributed by atoms with Gasteiger partial charge in [-0.1, -0.05) is 16.7 Å². The fraction of sp³-hybridized carbons (Fsp3) is 0.545. The Bertz CT molecular complexity index is 497. The molecular weight excluding hydrogens is 238 g/mol. The first-order chi connectivity index (χ1) is 8.28. The van der Waals surface area contributed by atoms with Crippen molar-refractivity contribution in [3.05, 3.63) is 33.4 Å². The van der Waals surface area contributed by atoms with E-state index in [1.807, 2.05) is 6.07 Å². The molecule has 3 atom stereocenters. The van der Waals surface area contributed by atoms with Gasteiger partial charge >= 0.3 is 0 Å². The molecule has 1 aromatic heterocycles. The number of rotatable bonds is 2. The van der Waals surface area contributed by atoms with Crippen LogP contribution >= 0.6 is 11.6 Å². The number of hydrogen-bond acceptors (Lipinski definition) is 3.